The second kappa shape index (κ2) is 6.67. The summed E-state index contributed by atoms with van der Waals surface area (Å²) in [4.78, 5) is 4.33. The van der Waals surface area contributed by atoms with E-state index in [9.17, 15) is 13.2 Å². The highest BCUT2D eigenvalue weighted by molar-refractivity contribution is 9.10. The quantitative estimate of drug-likeness (QED) is 0.827. The van der Waals surface area contributed by atoms with Crippen LogP contribution < -0.4 is 9.64 Å². The molecule has 0 radical (unpaired) electrons. The largest absolute Gasteiger partial charge is 0.453 e. The third-order valence-electron chi connectivity index (χ3n) is 3.22. The molecule has 112 valence electrons. The molecule has 0 aliphatic carbocycles. The summed E-state index contributed by atoms with van der Waals surface area (Å²) in [5, 5.41) is 0. The van der Waals surface area contributed by atoms with Gasteiger partial charge in [-0.05, 0) is 35.1 Å². The van der Waals surface area contributed by atoms with Crippen molar-refractivity contribution in [1.82, 2.24) is 4.90 Å². The molecule has 0 aromatic heterocycles. The number of likely N-dealkylation sites (N-methyl/N-ethyl adjacent to an activating group) is 1. The van der Waals surface area contributed by atoms with E-state index < -0.39 is 12.8 Å². The fourth-order valence-electron chi connectivity index (χ4n) is 2.02. The number of nitrogens with zero attached hydrogens (tertiary/aromatic N) is 2. The van der Waals surface area contributed by atoms with Crippen molar-refractivity contribution in [1.29, 1.82) is 0 Å². The Bertz CT molecular complexity index is 453. The third kappa shape index (κ3) is 3.79. The number of benzene rings is 1. The molecule has 0 bridgehead atoms. The second-order valence-electron chi connectivity index (χ2n) is 4.71. The van der Waals surface area contributed by atoms with Crippen molar-refractivity contribution >= 4 is 21.6 Å². The fraction of sp³-hybridized carbons (Fsp3) is 0.538. The number of rotatable bonds is 4. The lowest BCUT2D eigenvalue weighted by Crippen LogP contribution is -2.44. The van der Waals surface area contributed by atoms with Crippen LogP contribution in [0.15, 0.2) is 22.7 Å². The minimum absolute atomic E-state index is 0.0919. The smallest absolute Gasteiger partial charge is 0.304 e. The molecule has 7 heteroatoms. The number of piperazine rings is 1. The van der Waals surface area contributed by atoms with Gasteiger partial charge in [-0.2, -0.15) is 4.39 Å². The maximum atomic E-state index is 13.0. The number of ether oxygens (including phenoxy) is 1. The van der Waals surface area contributed by atoms with Crippen molar-refractivity contribution in [3.63, 3.8) is 0 Å². The number of alkyl halides is 3. The summed E-state index contributed by atoms with van der Waals surface area (Å²) in [6.45, 7) is 3.53. The summed E-state index contributed by atoms with van der Waals surface area (Å²) in [5.74, 6) is 0.0919. The van der Waals surface area contributed by atoms with Crippen LogP contribution in [0.3, 0.4) is 0 Å². The Morgan fingerprint density at radius 1 is 1.15 bits per heavy atom. The van der Waals surface area contributed by atoms with E-state index in [0.29, 0.717) is 4.47 Å². The second-order valence-corrected chi connectivity index (χ2v) is 5.56. The van der Waals surface area contributed by atoms with Crippen molar-refractivity contribution in [3.8, 4) is 5.75 Å². The first-order valence-corrected chi connectivity index (χ1v) is 7.08. The first-order chi connectivity index (χ1) is 9.47. The average Bonchev–Trinajstić information content (AvgIpc) is 2.42. The van der Waals surface area contributed by atoms with Crippen molar-refractivity contribution in [3.05, 3.63) is 22.7 Å². The topological polar surface area (TPSA) is 15.7 Å². The zero-order valence-electron chi connectivity index (χ0n) is 11.0. The van der Waals surface area contributed by atoms with Crippen molar-refractivity contribution < 1.29 is 17.9 Å². The van der Waals surface area contributed by atoms with E-state index >= 15 is 0 Å². The number of hydrogen-bond acceptors (Lipinski definition) is 3. The first kappa shape index (κ1) is 15.4. The molecule has 0 N–H and O–H groups in total. The van der Waals surface area contributed by atoms with Gasteiger partial charge in [0.1, 0.15) is 5.75 Å². The Balaban J connectivity index is 2.11. The Kier molecular flexibility index (Phi) is 5.15. The summed E-state index contributed by atoms with van der Waals surface area (Å²) < 4.78 is 42.5. The van der Waals surface area contributed by atoms with E-state index in [1.807, 2.05) is 13.1 Å². The van der Waals surface area contributed by atoms with Crippen LogP contribution in [0.25, 0.3) is 0 Å². The molecule has 1 aliphatic rings. The molecule has 0 spiro atoms. The molecule has 2 rings (SSSR count). The molecule has 1 aromatic carbocycles. The lowest BCUT2D eigenvalue weighted by atomic mass is 10.2. The van der Waals surface area contributed by atoms with Crippen molar-refractivity contribution in [2.24, 2.45) is 0 Å². The van der Waals surface area contributed by atoms with Crippen LogP contribution in [0, 0.1) is 0 Å². The van der Waals surface area contributed by atoms with E-state index in [4.69, 9.17) is 0 Å². The summed E-state index contributed by atoms with van der Waals surface area (Å²) >= 11 is 3.18. The fourth-order valence-corrected chi connectivity index (χ4v) is 2.36. The van der Waals surface area contributed by atoms with Crippen LogP contribution in [0.4, 0.5) is 18.9 Å². The summed E-state index contributed by atoms with van der Waals surface area (Å²) in [5.41, 5.74) is 0.845. The van der Waals surface area contributed by atoms with E-state index in [0.717, 1.165) is 31.9 Å². The highest BCUT2D eigenvalue weighted by atomic mass is 79.9. The number of anilines is 1. The molecule has 1 unspecified atom stereocenters. The summed E-state index contributed by atoms with van der Waals surface area (Å²) in [6.07, 6.45) is -5.77. The Morgan fingerprint density at radius 2 is 1.80 bits per heavy atom. The van der Waals surface area contributed by atoms with Gasteiger partial charge in [0.05, 0.1) is 4.47 Å². The molecule has 1 heterocycles. The van der Waals surface area contributed by atoms with Crippen LogP contribution in [-0.2, 0) is 0 Å². The highest BCUT2D eigenvalue weighted by Crippen LogP contribution is 2.32. The van der Waals surface area contributed by atoms with Gasteiger partial charge in [0, 0.05) is 37.9 Å². The van der Waals surface area contributed by atoms with Gasteiger partial charge in [0.2, 0.25) is 0 Å². The Labute approximate surface area is 124 Å². The lowest BCUT2D eigenvalue weighted by molar-refractivity contribution is -0.0672. The monoisotopic (exact) mass is 352 g/mol. The van der Waals surface area contributed by atoms with Gasteiger partial charge in [-0.1, -0.05) is 0 Å². The van der Waals surface area contributed by atoms with Gasteiger partial charge in [0.15, 0.2) is 0 Å². The zero-order chi connectivity index (χ0) is 14.7. The SMILES string of the molecule is CN1CCN(c2ccc(Br)c(OC(F)C(F)F)c2)CC1. The molecule has 1 saturated heterocycles. The lowest BCUT2D eigenvalue weighted by Gasteiger charge is -2.34. The van der Waals surface area contributed by atoms with Gasteiger partial charge in [-0.3, -0.25) is 0 Å². The Morgan fingerprint density at radius 3 is 2.40 bits per heavy atom. The molecule has 1 aromatic rings. The van der Waals surface area contributed by atoms with Crippen molar-refractivity contribution in [2.45, 2.75) is 12.8 Å². The van der Waals surface area contributed by atoms with Gasteiger partial charge < -0.3 is 14.5 Å². The first-order valence-electron chi connectivity index (χ1n) is 6.29. The van der Waals surface area contributed by atoms with Crippen LogP contribution in [-0.4, -0.2) is 50.9 Å². The normalized spacial score (nSPS) is 18.4. The average molecular weight is 353 g/mol. The van der Waals surface area contributed by atoms with Crippen LogP contribution >= 0.6 is 15.9 Å². The van der Waals surface area contributed by atoms with Gasteiger partial charge >= 0.3 is 6.43 Å². The van der Waals surface area contributed by atoms with E-state index in [1.165, 1.54) is 0 Å². The molecule has 1 aliphatic heterocycles. The third-order valence-corrected chi connectivity index (χ3v) is 3.88. The number of halogens is 4. The summed E-state index contributed by atoms with van der Waals surface area (Å²) in [7, 11) is 2.05. The minimum atomic E-state index is -3.16. The standard InChI is InChI=1S/C13H16BrF3N2O/c1-18-4-6-19(7-5-18)9-2-3-10(14)11(8-9)20-13(17)12(15)16/h2-3,8,12-13H,4-7H2,1H3. The van der Waals surface area contributed by atoms with E-state index in [-0.39, 0.29) is 5.75 Å². The molecule has 0 amide bonds. The predicted molar refractivity (Wildman–Crippen MR) is 75.4 cm³/mol. The van der Waals surface area contributed by atoms with Crippen LogP contribution in [0.2, 0.25) is 0 Å². The number of hydrogen-bond donors (Lipinski definition) is 0. The summed E-state index contributed by atoms with van der Waals surface area (Å²) in [6, 6.07) is 5.13. The molecular formula is C13H16BrF3N2O. The molecule has 0 saturated carbocycles. The molecule has 3 nitrogen and oxygen atoms in total. The zero-order valence-corrected chi connectivity index (χ0v) is 12.6. The van der Waals surface area contributed by atoms with Gasteiger partial charge in [-0.25, -0.2) is 8.78 Å². The van der Waals surface area contributed by atoms with E-state index in [1.54, 1.807) is 12.1 Å². The predicted octanol–water partition coefficient (Wildman–Crippen LogP) is 3.14. The van der Waals surface area contributed by atoms with Crippen LogP contribution in [0.1, 0.15) is 0 Å². The maximum Gasteiger partial charge on any atom is 0.304 e. The maximum absolute atomic E-state index is 13.0. The van der Waals surface area contributed by atoms with Crippen LogP contribution in [0.5, 0.6) is 5.75 Å². The Hall–Kier alpha value is -0.950. The molecule has 1 atom stereocenters. The molecule has 20 heavy (non-hydrogen) atoms. The highest BCUT2D eigenvalue weighted by Gasteiger charge is 2.23. The minimum Gasteiger partial charge on any atom is -0.453 e. The van der Waals surface area contributed by atoms with Gasteiger partial charge in [-0.15, -0.1) is 0 Å². The molecule has 1 fully saturated rings. The van der Waals surface area contributed by atoms with Crippen molar-refractivity contribution in [2.75, 3.05) is 38.1 Å². The van der Waals surface area contributed by atoms with E-state index in [2.05, 4.69) is 30.5 Å². The molecular weight excluding hydrogens is 337 g/mol. The van der Waals surface area contributed by atoms with Gasteiger partial charge in [0.25, 0.3) is 6.36 Å².